The molecule has 2 aromatic carbocycles. The molecule has 0 radical (unpaired) electrons. The summed E-state index contributed by atoms with van der Waals surface area (Å²) in [6.07, 6.45) is 0. The van der Waals surface area contributed by atoms with E-state index in [1.54, 1.807) is 44.2 Å². The zero-order chi connectivity index (χ0) is 15.2. The summed E-state index contributed by atoms with van der Waals surface area (Å²) in [5, 5.41) is 18.5. The van der Waals surface area contributed by atoms with Crippen LogP contribution in [0, 0.1) is 0 Å². The molecule has 2 rings (SSSR count). The van der Waals surface area contributed by atoms with Crippen molar-refractivity contribution in [1.29, 1.82) is 0 Å². The van der Waals surface area contributed by atoms with E-state index in [1.807, 2.05) is 24.3 Å². The van der Waals surface area contributed by atoms with Gasteiger partial charge in [0.05, 0.1) is 14.2 Å². The molecule has 0 fully saturated rings. The lowest BCUT2D eigenvalue weighted by Crippen LogP contribution is -2.30. The van der Waals surface area contributed by atoms with E-state index >= 15 is 0 Å². The SMILES string of the molecule is COc1ccc(B(O)O)cc1CSc1ccccc1OC. The van der Waals surface area contributed by atoms with Gasteiger partial charge < -0.3 is 19.5 Å². The number of thioether (sulfide) groups is 1. The van der Waals surface area contributed by atoms with Crippen molar-refractivity contribution in [3.63, 3.8) is 0 Å². The van der Waals surface area contributed by atoms with E-state index in [9.17, 15) is 10.0 Å². The van der Waals surface area contributed by atoms with E-state index in [-0.39, 0.29) is 0 Å². The molecule has 0 aromatic heterocycles. The Morgan fingerprint density at radius 1 is 1.00 bits per heavy atom. The Kier molecular flexibility index (Phi) is 5.55. The normalized spacial score (nSPS) is 10.3. The molecule has 0 aliphatic rings. The quantitative estimate of drug-likeness (QED) is 0.628. The Morgan fingerprint density at radius 2 is 1.71 bits per heavy atom. The lowest BCUT2D eigenvalue weighted by Gasteiger charge is -2.12. The Balaban J connectivity index is 2.20. The van der Waals surface area contributed by atoms with Crippen molar-refractivity contribution in [3.8, 4) is 11.5 Å². The number of hydrogen-bond donors (Lipinski definition) is 2. The molecular weight excluding hydrogens is 287 g/mol. The van der Waals surface area contributed by atoms with Crippen LogP contribution in [-0.2, 0) is 5.75 Å². The van der Waals surface area contributed by atoms with Gasteiger partial charge in [-0.05, 0) is 23.7 Å². The fourth-order valence-electron chi connectivity index (χ4n) is 1.97. The first-order chi connectivity index (χ1) is 10.2. The second-order valence-corrected chi connectivity index (χ2v) is 5.40. The maximum atomic E-state index is 9.27. The molecule has 0 aliphatic heterocycles. The highest BCUT2D eigenvalue weighted by Gasteiger charge is 2.14. The van der Waals surface area contributed by atoms with Crippen molar-refractivity contribution in [2.45, 2.75) is 10.6 Å². The standard InChI is InChI=1S/C15H17BO4S/c1-19-13-8-7-12(16(17)18)9-11(13)10-21-15-6-4-3-5-14(15)20-2/h3-9,17-18H,10H2,1-2H3. The minimum absolute atomic E-state index is 0.450. The first-order valence-electron chi connectivity index (χ1n) is 6.44. The molecule has 110 valence electrons. The zero-order valence-corrected chi connectivity index (χ0v) is 12.8. The van der Waals surface area contributed by atoms with Gasteiger partial charge in [-0.1, -0.05) is 24.3 Å². The van der Waals surface area contributed by atoms with Gasteiger partial charge in [0.1, 0.15) is 11.5 Å². The van der Waals surface area contributed by atoms with Gasteiger partial charge in [-0.15, -0.1) is 11.8 Å². The second-order valence-electron chi connectivity index (χ2n) is 4.38. The van der Waals surface area contributed by atoms with Crippen LogP contribution in [0.5, 0.6) is 11.5 Å². The molecule has 2 aromatic rings. The summed E-state index contributed by atoms with van der Waals surface area (Å²) in [4.78, 5) is 1.03. The lowest BCUT2D eigenvalue weighted by atomic mass is 9.79. The average Bonchev–Trinajstić information content (AvgIpc) is 2.52. The van der Waals surface area contributed by atoms with Crippen molar-refractivity contribution in [1.82, 2.24) is 0 Å². The zero-order valence-electron chi connectivity index (χ0n) is 11.9. The second kappa shape index (κ2) is 7.40. The Morgan fingerprint density at radius 3 is 2.38 bits per heavy atom. The van der Waals surface area contributed by atoms with Crippen molar-refractivity contribution >= 4 is 24.3 Å². The van der Waals surface area contributed by atoms with Gasteiger partial charge in [0.15, 0.2) is 0 Å². The van der Waals surface area contributed by atoms with Crippen molar-refractivity contribution in [2.24, 2.45) is 0 Å². The molecule has 0 aliphatic carbocycles. The van der Waals surface area contributed by atoms with Crippen LogP contribution in [0.2, 0.25) is 0 Å². The summed E-state index contributed by atoms with van der Waals surface area (Å²) in [6, 6.07) is 12.9. The monoisotopic (exact) mass is 304 g/mol. The van der Waals surface area contributed by atoms with Crippen LogP contribution in [-0.4, -0.2) is 31.4 Å². The van der Waals surface area contributed by atoms with Crippen molar-refractivity contribution in [2.75, 3.05) is 14.2 Å². The molecular formula is C15H17BO4S. The van der Waals surface area contributed by atoms with E-state index in [4.69, 9.17) is 9.47 Å². The molecule has 0 unspecified atom stereocenters. The summed E-state index contributed by atoms with van der Waals surface area (Å²) < 4.78 is 10.6. The largest absolute Gasteiger partial charge is 0.496 e. The Labute approximate surface area is 128 Å². The molecule has 0 atom stereocenters. The highest BCUT2D eigenvalue weighted by molar-refractivity contribution is 7.98. The number of hydrogen-bond acceptors (Lipinski definition) is 5. The van der Waals surface area contributed by atoms with Crippen molar-refractivity contribution < 1.29 is 19.5 Å². The van der Waals surface area contributed by atoms with Gasteiger partial charge in [-0.25, -0.2) is 0 Å². The third kappa shape index (κ3) is 3.94. The first-order valence-corrected chi connectivity index (χ1v) is 7.43. The number of ether oxygens (including phenoxy) is 2. The van der Waals surface area contributed by atoms with Crippen LogP contribution in [0.25, 0.3) is 0 Å². The van der Waals surface area contributed by atoms with Crippen LogP contribution >= 0.6 is 11.8 Å². The highest BCUT2D eigenvalue weighted by atomic mass is 32.2. The third-order valence-electron chi connectivity index (χ3n) is 3.05. The summed E-state index contributed by atoms with van der Waals surface area (Å²) >= 11 is 1.61. The van der Waals surface area contributed by atoms with Gasteiger partial charge in [-0.2, -0.15) is 0 Å². The highest BCUT2D eigenvalue weighted by Crippen LogP contribution is 2.33. The molecule has 0 bridgehead atoms. The fraction of sp³-hybridized carbons (Fsp3) is 0.200. The number of benzene rings is 2. The minimum Gasteiger partial charge on any atom is -0.496 e. The predicted octanol–water partition coefficient (Wildman–Crippen LogP) is 1.68. The number of rotatable bonds is 6. The summed E-state index contributed by atoms with van der Waals surface area (Å²) in [7, 11) is 1.76. The van der Waals surface area contributed by atoms with Gasteiger partial charge in [0, 0.05) is 16.2 Å². The van der Waals surface area contributed by atoms with E-state index in [2.05, 4.69) is 0 Å². The first kappa shape index (κ1) is 15.8. The average molecular weight is 304 g/mol. The van der Waals surface area contributed by atoms with Crippen LogP contribution < -0.4 is 14.9 Å². The van der Waals surface area contributed by atoms with Gasteiger partial charge in [-0.3, -0.25) is 0 Å². The molecule has 2 N–H and O–H groups in total. The third-order valence-corrected chi connectivity index (χ3v) is 4.16. The van der Waals surface area contributed by atoms with Crippen LogP contribution in [0.1, 0.15) is 5.56 Å². The van der Waals surface area contributed by atoms with Crippen molar-refractivity contribution in [3.05, 3.63) is 48.0 Å². The summed E-state index contributed by atoms with van der Waals surface area (Å²) in [5.41, 5.74) is 1.35. The maximum Gasteiger partial charge on any atom is 0.488 e. The lowest BCUT2D eigenvalue weighted by molar-refractivity contribution is 0.404. The molecule has 4 nitrogen and oxygen atoms in total. The Bertz CT molecular complexity index is 604. The molecule has 0 amide bonds. The van der Waals surface area contributed by atoms with Gasteiger partial charge >= 0.3 is 7.12 Å². The van der Waals surface area contributed by atoms with E-state index in [1.165, 1.54) is 0 Å². The maximum absolute atomic E-state index is 9.27. The summed E-state index contributed by atoms with van der Waals surface area (Å²) in [5.74, 6) is 2.19. The number of para-hydroxylation sites is 1. The smallest absolute Gasteiger partial charge is 0.488 e. The van der Waals surface area contributed by atoms with Gasteiger partial charge in [0.25, 0.3) is 0 Å². The van der Waals surface area contributed by atoms with Gasteiger partial charge in [0.2, 0.25) is 0 Å². The van der Waals surface area contributed by atoms with Crippen LogP contribution in [0.4, 0.5) is 0 Å². The fourth-order valence-corrected chi connectivity index (χ4v) is 2.97. The molecule has 0 saturated heterocycles. The molecule has 6 heteroatoms. The summed E-state index contributed by atoms with van der Waals surface area (Å²) in [6.45, 7) is 0. The van der Waals surface area contributed by atoms with E-state index in [0.717, 1.165) is 22.0 Å². The molecule has 0 spiro atoms. The number of methoxy groups -OCH3 is 2. The van der Waals surface area contributed by atoms with Crippen LogP contribution in [0.15, 0.2) is 47.4 Å². The van der Waals surface area contributed by atoms with E-state index in [0.29, 0.717) is 11.2 Å². The van der Waals surface area contributed by atoms with E-state index < -0.39 is 7.12 Å². The van der Waals surface area contributed by atoms with Crippen LogP contribution in [0.3, 0.4) is 0 Å². The molecule has 0 heterocycles. The Hall–Kier alpha value is -1.63. The predicted molar refractivity (Wildman–Crippen MR) is 85.4 cm³/mol. The molecule has 21 heavy (non-hydrogen) atoms. The minimum atomic E-state index is -1.48. The topological polar surface area (TPSA) is 58.9 Å². The molecule has 0 saturated carbocycles.